The molecule has 0 heterocycles. The zero-order valence-electron chi connectivity index (χ0n) is 12.1. The summed E-state index contributed by atoms with van der Waals surface area (Å²) < 4.78 is 0. The van der Waals surface area contributed by atoms with Crippen molar-refractivity contribution in [3.63, 3.8) is 0 Å². The maximum atomic E-state index is 12.2. The number of aryl methyl sites for hydroxylation is 1. The van der Waals surface area contributed by atoms with Crippen LogP contribution in [-0.4, -0.2) is 24.1 Å². The maximum Gasteiger partial charge on any atom is 0.255 e. The van der Waals surface area contributed by atoms with Crippen LogP contribution in [0, 0.1) is 18.8 Å². The number of carbonyl (C=O) groups is 1. The largest absolute Gasteiger partial charge is 0.507 e. The second-order valence-corrected chi connectivity index (χ2v) is 5.77. The van der Waals surface area contributed by atoms with E-state index in [0.717, 1.165) is 18.4 Å². The first-order valence-corrected chi connectivity index (χ1v) is 7.39. The number of carbonyl (C=O) groups excluding carboxylic acids is 1. The summed E-state index contributed by atoms with van der Waals surface area (Å²) in [6, 6.07) is 5.07. The highest BCUT2D eigenvalue weighted by Crippen LogP contribution is 2.29. The van der Waals surface area contributed by atoms with Gasteiger partial charge in [-0.25, -0.2) is 0 Å². The van der Waals surface area contributed by atoms with Crippen LogP contribution in [0.5, 0.6) is 5.75 Å². The number of phenolic OH excluding ortho intramolecular Hbond substituents is 1. The lowest BCUT2D eigenvalue weighted by molar-refractivity contribution is 0.0932. The zero-order chi connectivity index (χ0) is 14.5. The van der Waals surface area contributed by atoms with E-state index in [1.54, 1.807) is 18.2 Å². The van der Waals surface area contributed by atoms with Gasteiger partial charge < -0.3 is 16.2 Å². The van der Waals surface area contributed by atoms with Crippen molar-refractivity contribution < 1.29 is 9.90 Å². The highest BCUT2D eigenvalue weighted by atomic mass is 16.3. The van der Waals surface area contributed by atoms with E-state index in [1.165, 1.54) is 12.8 Å². The minimum atomic E-state index is -0.201. The fraction of sp³-hybridized carbons (Fsp3) is 0.562. The van der Waals surface area contributed by atoms with E-state index in [4.69, 9.17) is 5.73 Å². The molecule has 2 unspecified atom stereocenters. The highest BCUT2D eigenvalue weighted by Gasteiger charge is 2.24. The molecule has 1 saturated carbocycles. The number of nitrogens with one attached hydrogen (secondary N) is 1. The molecule has 2 rings (SSSR count). The van der Waals surface area contributed by atoms with Gasteiger partial charge in [0.05, 0.1) is 5.56 Å². The van der Waals surface area contributed by atoms with Crippen molar-refractivity contribution in [3.05, 3.63) is 29.3 Å². The fourth-order valence-electron chi connectivity index (χ4n) is 3.01. The Bertz CT molecular complexity index is 474. The number of benzene rings is 1. The molecular formula is C16H24N2O2. The summed E-state index contributed by atoms with van der Waals surface area (Å²) in [5.41, 5.74) is 7.12. The lowest BCUT2D eigenvalue weighted by Gasteiger charge is -2.30. The number of nitrogens with two attached hydrogens (primary N) is 1. The Morgan fingerprint density at radius 2 is 2.05 bits per heavy atom. The number of aromatic hydroxyl groups is 1. The van der Waals surface area contributed by atoms with Crippen molar-refractivity contribution in [2.45, 2.75) is 32.6 Å². The number of hydrogen-bond acceptors (Lipinski definition) is 3. The van der Waals surface area contributed by atoms with Crippen molar-refractivity contribution in [1.29, 1.82) is 0 Å². The lowest BCUT2D eigenvalue weighted by atomic mass is 9.79. The predicted molar refractivity (Wildman–Crippen MR) is 79.7 cm³/mol. The molecule has 20 heavy (non-hydrogen) atoms. The predicted octanol–water partition coefficient (Wildman–Crippen LogP) is 2.20. The summed E-state index contributed by atoms with van der Waals surface area (Å²) in [7, 11) is 0. The van der Waals surface area contributed by atoms with Gasteiger partial charge in [-0.1, -0.05) is 24.5 Å². The molecule has 4 nitrogen and oxygen atoms in total. The van der Waals surface area contributed by atoms with Crippen molar-refractivity contribution in [2.75, 3.05) is 13.1 Å². The van der Waals surface area contributed by atoms with Gasteiger partial charge >= 0.3 is 0 Å². The van der Waals surface area contributed by atoms with Crippen LogP contribution in [0.25, 0.3) is 0 Å². The Morgan fingerprint density at radius 3 is 2.75 bits per heavy atom. The lowest BCUT2D eigenvalue weighted by Crippen LogP contribution is -2.37. The Labute approximate surface area is 120 Å². The summed E-state index contributed by atoms with van der Waals surface area (Å²) in [4.78, 5) is 12.2. The van der Waals surface area contributed by atoms with Crippen LogP contribution in [0.3, 0.4) is 0 Å². The minimum absolute atomic E-state index is 0.0344. The molecule has 1 fully saturated rings. The first-order chi connectivity index (χ1) is 9.61. The van der Waals surface area contributed by atoms with Gasteiger partial charge in [0.1, 0.15) is 5.75 Å². The van der Waals surface area contributed by atoms with E-state index in [0.29, 0.717) is 30.5 Å². The molecule has 1 aromatic rings. The standard InChI is InChI=1S/C16H24N2O2/c1-11-6-7-15(19)14(8-11)16(20)18-10-13-5-3-2-4-12(13)9-17/h6-8,12-13,19H,2-5,9-10,17H2,1H3,(H,18,20). The van der Waals surface area contributed by atoms with Crippen LogP contribution in [0.15, 0.2) is 18.2 Å². The number of rotatable bonds is 4. The molecule has 1 amide bonds. The van der Waals surface area contributed by atoms with Crippen LogP contribution < -0.4 is 11.1 Å². The van der Waals surface area contributed by atoms with Crippen LogP contribution in [0.1, 0.15) is 41.6 Å². The molecule has 0 saturated heterocycles. The average Bonchev–Trinajstić information content (AvgIpc) is 2.47. The molecule has 4 heteroatoms. The van der Waals surface area contributed by atoms with Crippen molar-refractivity contribution in [3.8, 4) is 5.75 Å². The summed E-state index contributed by atoms with van der Waals surface area (Å²) in [6.07, 6.45) is 4.74. The molecule has 110 valence electrons. The third kappa shape index (κ3) is 3.51. The van der Waals surface area contributed by atoms with Crippen LogP contribution in [0.4, 0.5) is 0 Å². The second-order valence-electron chi connectivity index (χ2n) is 5.77. The topological polar surface area (TPSA) is 75.3 Å². The highest BCUT2D eigenvalue weighted by molar-refractivity contribution is 5.96. The first-order valence-electron chi connectivity index (χ1n) is 7.39. The third-order valence-electron chi connectivity index (χ3n) is 4.29. The smallest absolute Gasteiger partial charge is 0.255 e. The van der Waals surface area contributed by atoms with Gasteiger partial charge in [-0.15, -0.1) is 0 Å². The molecule has 2 atom stereocenters. The summed E-state index contributed by atoms with van der Waals surface area (Å²) >= 11 is 0. The van der Waals surface area contributed by atoms with Crippen LogP contribution in [0.2, 0.25) is 0 Å². The molecule has 1 aliphatic carbocycles. The fourth-order valence-corrected chi connectivity index (χ4v) is 3.01. The Kier molecular flexibility index (Phi) is 5.01. The second kappa shape index (κ2) is 6.75. The van der Waals surface area contributed by atoms with E-state index in [1.807, 2.05) is 6.92 Å². The normalized spacial score (nSPS) is 22.5. The van der Waals surface area contributed by atoms with Gasteiger partial charge in [-0.3, -0.25) is 4.79 Å². The first kappa shape index (κ1) is 14.9. The van der Waals surface area contributed by atoms with Gasteiger partial charge in [-0.2, -0.15) is 0 Å². The van der Waals surface area contributed by atoms with Crippen molar-refractivity contribution in [2.24, 2.45) is 17.6 Å². The number of hydrogen-bond donors (Lipinski definition) is 3. The molecule has 0 radical (unpaired) electrons. The Morgan fingerprint density at radius 1 is 1.35 bits per heavy atom. The molecule has 0 aromatic heterocycles. The van der Waals surface area contributed by atoms with Gasteiger partial charge in [0.15, 0.2) is 0 Å². The summed E-state index contributed by atoms with van der Waals surface area (Å²) in [5.74, 6) is 0.805. The Balaban J connectivity index is 1.96. The van der Waals surface area contributed by atoms with E-state index >= 15 is 0 Å². The molecule has 4 N–H and O–H groups in total. The van der Waals surface area contributed by atoms with E-state index in [-0.39, 0.29) is 11.7 Å². The zero-order valence-corrected chi connectivity index (χ0v) is 12.1. The van der Waals surface area contributed by atoms with Gasteiger partial charge in [-0.05, 0) is 50.3 Å². The minimum Gasteiger partial charge on any atom is -0.507 e. The van der Waals surface area contributed by atoms with Gasteiger partial charge in [0.25, 0.3) is 5.91 Å². The van der Waals surface area contributed by atoms with E-state index in [2.05, 4.69) is 5.32 Å². The molecule has 0 bridgehead atoms. The quantitative estimate of drug-likeness (QED) is 0.789. The van der Waals surface area contributed by atoms with E-state index in [9.17, 15) is 9.90 Å². The number of phenols is 1. The van der Waals surface area contributed by atoms with Gasteiger partial charge in [0.2, 0.25) is 0 Å². The van der Waals surface area contributed by atoms with E-state index < -0.39 is 0 Å². The average molecular weight is 276 g/mol. The molecule has 1 aliphatic rings. The third-order valence-corrected chi connectivity index (χ3v) is 4.29. The monoisotopic (exact) mass is 276 g/mol. The van der Waals surface area contributed by atoms with Crippen LogP contribution in [-0.2, 0) is 0 Å². The Hall–Kier alpha value is -1.55. The van der Waals surface area contributed by atoms with Gasteiger partial charge in [0, 0.05) is 6.54 Å². The van der Waals surface area contributed by atoms with Crippen molar-refractivity contribution in [1.82, 2.24) is 5.32 Å². The van der Waals surface area contributed by atoms with Crippen molar-refractivity contribution >= 4 is 5.91 Å². The molecule has 1 aromatic carbocycles. The summed E-state index contributed by atoms with van der Waals surface area (Å²) in [5, 5.41) is 12.7. The molecular weight excluding hydrogens is 252 g/mol. The molecule has 0 aliphatic heterocycles. The maximum absolute atomic E-state index is 12.2. The number of amides is 1. The van der Waals surface area contributed by atoms with Crippen LogP contribution >= 0.6 is 0 Å². The SMILES string of the molecule is Cc1ccc(O)c(C(=O)NCC2CCCCC2CN)c1. The summed E-state index contributed by atoms with van der Waals surface area (Å²) in [6.45, 7) is 3.24. The molecule has 0 spiro atoms.